The minimum atomic E-state index is -3.76. The highest BCUT2D eigenvalue weighted by molar-refractivity contribution is 7.89. The molecule has 3 aromatic rings. The number of ether oxygens (including phenoxy) is 1. The van der Waals surface area contributed by atoms with Crippen LogP contribution in [-0.2, 0) is 14.8 Å². The van der Waals surface area contributed by atoms with Gasteiger partial charge in [0.25, 0.3) is 0 Å². The number of aromatic nitrogens is 3. The summed E-state index contributed by atoms with van der Waals surface area (Å²) >= 11 is 0. The maximum Gasteiger partial charge on any atom is 0.240 e. The molecule has 2 aromatic carbocycles. The quantitative estimate of drug-likeness (QED) is 0.213. The van der Waals surface area contributed by atoms with Crippen LogP contribution in [0.3, 0.4) is 0 Å². The number of hydrogen-bond acceptors (Lipinski definition) is 10. The van der Waals surface area contributed by atoms with Crippen molar-refractivity contribution in [2.75, 3.05) is 68.6 Å². The summed E-state index contributed by atoms with van der Waals surface area (Å²) in [5, 5.41) is 3.07. The summed E-state index contributed by atoms with van der Waals surface area (Å²) in [7, 11) is -0.0781. The van der Waals surface area contributed by atoms with Gasteiger partial charge in [0.15, 0.2) is 5.78 Å². The number of nitrogens with one attached hydrogen (secondary N) is 2. The fraction of sp³-hybridized carbons (Fsp3) is 0.308. The van der Waals surface area contributed by atoms with Crippen molar-refractivity contribution in [2.24, 2.45) is 0 Å². The van der Waals surface area contributed by atoms with Crippen LogP contribution in [0.1, 0.15) is 15.9 Å². The largest absolute Gasteiger partial charge is 0.378 e. The minimum absolute atomic E-state index is 0.0748. The van der Waals surface area contributed by atoms with Crippen LogP contribution in [0.4, 0.5) is 17.8 Å². The first-order chi connectivity index (χ1) is 18.3. The Labute approximate surface area is 222 Å². The number of allylic oxidation sites excluding steroid dienone is 1. The lowest BCUT2D eigenvalue weighted by atomic mass is 10.1. The molecule has 1 aromatic heterocycles. The van der Waals surface area contributed by atoms with E-state index >= 15 is 0 Å². The van der Waals surface area contributed by atoms with Gasteiger partial charge in [0.2, 0.25) is 27.9 Å². The molecule has 0 bridgehead atoms. The Morgan fingerprint density at radius 1 is 1.00 bits per heavy atom. The second-order valence-corrected chi connectivity index (χ2v) is 10.5. The molecule has 0 aliphatic carbocycles. The highest BCUT2D eigenvalue weighted by Crippen LogP contribution is 2.16. The molecule has 11 nitrogen and oxygen atoms in total. The number of morpholine rings is 1. The number of carbonyl (C=O) groups is 1. The molecule has 0 amide bonds. The number of anilines is 3. The third-order valence-corrected chi connectivity index (χ3v) is 7.16. The zero-order chi connectivity index (χ0) is 27.0. The lowest BCUT2D eigenvalue weighted by Crippen LogP contribution is -2.38. The van der Waals surface area contributed by atoms with E-state index in [9.17, 15) is 13.2 Å². The molecular formula is C26H31N7O4S. The van der Waals surface area contributed by atoms with Gasteiger partial charge in [-0.05, 0) is 35.9 Å². The SMILES string of the molecule is CN(C)c1nc(NCCNS(=O)(=O)c2ccc(C(=O)/C=C/c3ccccc3)cc2)nc(N2CCOCC2)n1. The van der Waals surface area contributed by atoms with Gasteiger partial charge in [-0.3, -0.25) is 4.79 Å². The maximum absolute atomic E-state index is 12.7. The molecule has 0 atom stereocenters. The molecule has 1 fully saturated rings. The first kappa shape index (κ1) is 27.2. The average Bonchev–Trinajstić information content (AvgIpc) is 2.95. The third-order valence-electron chi connectivity index (χ3n) is 5.68. The highest BCUT2D eigenvalue weighted by Gasteiger charge is 2.18. The van der Waals surface area contributed by atoms with E-state index in [0.717, 1.165) is 5.56 Å². The van der Waals surface area contributed by atoms with E-state index in [-0.39, 0.29) is 23.8 Å². The van der Waals surface area contributed by atoms with Crippen LogP contribution >= 0.6 is 0 Å². The number of sulfonamides is 1. The number of carbonyl (C=O) groups excluding carboxylic acids is 1. The highest BCUT2D eigenvalue weighted by atomic mass is 32.2. The number of benzene rings is 2. The zero-order valence-corrected chi connectivity index (χ0v) is 22.2. The van der Waals surface area contributed by atoms with E-state index in [4.69, 9.17) is 4.74 Å². The van der Waals surface area contributed by atoms with E-state index in [1.165, 1.54) is 30.3 Å². The molecule has 1 aliphatic heterocycles. The Morgan fingerprint density at radius 2 is 1.71 bits per heavy atom. The predicted molar refractivity (Wildman–Crippen MR) is 147 cm³/mol. The Morgan fingerprint density at radius 3 is 2.39 bits per heavy atom. The van der Waals surface area contributed by atoms with Crippen molar-refractivity contribution in [3.8, 4) is 0 Å². The fourth-order valence-electron chi connectivity index (χ4n) is 3.61. The van der Waals surface area contributed by atoms with Gasteiger partial charge in [-0.1, -0.05) is 36.4 Å². The van der Waals surface area contributed by atoms with E-state index in [1.54, 1.807) is 11.0 Å². The Kier molecular flexibility index (Phi) is 9.00. The second kappa shape index (κ2) is 12.6. The molecule has 2 N–H and O–H groups in total. The summed E-state index contributed by atoms with van der Waals surface area (Å²) in [5.41, 5.74) is 1.31. The van der Waals surface area contributed by atoms with Gasteiger partial charge in [0.1, 0.15) is 0 Å². The van der Waals surface area contributed by atoms with Gasteiger partial charge in [-0.15, -0.1) is 0 Å². The van der Waals surface area contributed by atoms with E-state index in [1.807, 2.05) is 49.3 Å². The molecule has 200 valence electrons. The topological polar surface area (TPSA) is 130 Å². The van der Waals surface area contributed by atoms with Crippen molar-refractivity contribution in [1.29, 1.82) is 0 Å². The molecule has 0 spiro atoms. The maximum atomic E-state index is 12.7. The van der Waals surface area contributed by atoms with Crippen LogP contribution in [0.2, 0.25) is 0 Å². The summed E-state index contributed by atoms with van der Waals surface area (Å²) in [5.74, 6) is 1.19. The first-order valence-corrected chi connectivity index (χ1v) is 13.7. The fourth-order valence-corrected chi connectivity index (χ4v) is 4.64. The molecule has 1 saturated heterocycles. The van der Waals surface area contributed by atoms with Crippen LogP contribution in [0, 0.1) is 0 Å². The van der Waals surface area contributed by atoms with Gasteiger partial charge >= 0.3 is 0 Å². The van der Waals surface area contributed by atoms with Crippen LogP contribution in [0.25, 0.3) is 6.08 Å². The van der Waals surface area contributed by atoms with Crippen molar-refractivity contribution < 1.29 is 17.9 Å². The number of ketones is 1. The molecule has 38 heavy (non-hydrogen) atoms. The molecule has 0 radical (unpaired) electrons. The second-order valence-electron chi connectivity index (χ2n) is 8.71. The Bertz CT molecular complexity index is 1360. The van der Waals surface area contributed by atoms with Crippen molar-refractivity contribution in [2.45, 2.75) is 4.90 Å². The summed E-state index contributed by atoms with van der Waals surface area (Å²) in [6, 6.07) is 15.3. The summed E-state index contributed by atoms with van der Waals surface area (Å²) in [6.07, 6.45) is 3.19. The van der Waals surface area contributed by atoms with Crippen LogP contribution in [0.5, 0.6) is 0 Å². The summed E-state index contributed by atoms with van der Waals surface area (Å²) in [6.45, 7) is 2.95. The Balaban J connectivity index is 1.33. The van der Waals surface area contributed by atoms with Crippen molar-refractivity contribution in [3.05, 3.63) is 71.8 Å². The normalized spacial score (nSPS) is 14.0. The Hall–Kier alpha value is -3.87. The molecule has 2 heterocycles. The standard InChI is InChI=1S/C26H31N7O4S/c1-32(2)25-29-24(30-26(31-25)33-16-18-37-19-17-33)27-14-15-28-38(35,36)22-11-9-21(10-12-22)23(34)13-8-20-6-4-3-5-7-20/h3-13,28H,14-19H2,1-2H3,(H,27,29,30,31)/b13-8+. The zero-order valence-electron chi connectivity index (χ0n) is 21.4. The van der Waals surface area contributed by atoms with Crippen molar-refractivity contribution in [1.82, 2.24) is 19.7 Å². The summed E-state index contributed by atoms with van der Waals surface area (Å²) in [4.78, 5) is 29.7. The smallest absolute Gasteiger partial charge is 0.240 e. The van der Waals surface area contributed by atoms with Crippen LogP contribution < -0.4 is 19.8 Å². The van der Waals surface area contributed by atoms with Crippen molar-refractivity contribution in [3.63, 3.8) is 0 Å². The monoisotopic (exact) mass is 537 g/mol. The molecule has 12 heteroatoms. The van der Waals surface area contributed by atoms with Crippen LogP contribution in [-0.4, -0.2) is 82.6 Å². The molecule has 4 rings (SSSR count). The van der Waals surface area contributed by atoms with Gasteiger partial charge in [-0.25, -0.2) is 13.1 Å². The van der Waals surface area contributed by atoms with E-state index in [2.05, 4.69) is 25.0 Å². The predicted octanol–water partition coefficient (Wildman–Crippen LogP) is 2.06. The lowest BCUT2D eigenvalue weighted by Gasteiger charge is -2.27. The average molecular weight is 538 g/mol. The van der Waals surface area contributed by atoms with Gasteiger partial charge in [-0.2, -0.15) is 15.0 Å². The van der Waals surface area contributed by atoms with Gasteiger partial charge in [0, 0.05) is 45.8 Å². The lowest BCUT2D eigenvalue weighted by molar-refractivity contribution is 0.104. The molecular weight excluding hydrogens is 506 g/mol. The number of nitrogens with zero attached hydrogens (tertiary/aromatic N) is 5. The van der Waals surface area contributed by atoms with Crippen molar-refractivity contribution >= 4 is 39.7 Å². The van der Waals surface area contributed by atoms with E-state index in [0.29, 0.717) is 49.7 Å². The van der Waals surface area contributed by atoms with Gasteiger partial charge in [0.05, 0.1) is 18.1 Å². The first-order valence-electron chi connectivity index (χ1n) is 12.2. The molecule has 0 saturated carbocycles. The minimum Gasteiger partial charge on any atom is -0.378 e. The molecule has 0 unspecified atom stereocenters. The van der Waals surface area contributed by atoms with Crippen LogP contribution in [0.15, 0.2) is 65.6 Å². The molecule has 1 aliphatic rings. The number of hydrogen-bond donors (Lipinski definition) is 2. The third kappa shape index (κ3) is 7.34. The summed E-state index contributed by atoms with van der Waals surface area (Å²) < 4.78 is 33.4. The number of rotatable bonds is 11. The van der Waals surface area contributed by atoms with E-state index < -0.39 is 10.0 Å². The van der Waals surface area contributed by atoms with Gasteiger partial charge < -0.3 is 19.9 Å².